The Hall–Kier alpha value is -1.02. The number of hydrogen-bond acceptors (Lipinski definition) is 1. The van der Waals surface area contributed by atoms with Gasteiger partial charge in [-0.15, -0.1) is 11.3 Å². The van der Waals surface area contributed by atoms with Crippen molar-refractivity contribution in [2.45, 2.75) is 0 Å². The third-order valence-electron chi connectivity index (χ3n) is 1.36. The lowest BCUT2D eigenvalue weighted by molar-refractivity contribution is 1.21. The van der Waals surface area contributed by atoms with Crippen LogP contribution in [-0.2, 0) is 0 Å². The van der Waals surface area contributed by atoms with Crippen LogP contribution in [0.5, 0.6) is 0 Å². The number of thiophene rings is 1. The molecule has 2 heterocycles. The maximum atomic E-state index is 3.98. The van der Waals surface area contributed by atoms with Gasteiger partial charge in [0.2, 0.25) is 0 Å². The van der Waals surface area contributed by atoms with Crippen LogP contribution in [0, 0.1) is 0 Å². The van der Waals surface area contributed by atoms with Crippen molar-refractivity contribution in [1.82, 2.24) is 5.32 Å². The Balaban J connectivity index is 2.36. The fraction of sp³-hybridized carbons (Fsp3) is 0. The second-order valence-corrected chi connectivity index (χ2v) is 2.97. The highest BCUT2D eigenvalue weighted by Gasteiger charge is 2.01. The predicted molar refractivity (Wildman–Crippen MR) is 43.6 cm³/mol. The molecule has 0 unspecified atom stereocenters. The molecule has 1 aromatic rings. The van der Waals surface area contributed by atoms with E-state index >= 15 is 0 Å². The Labute approximate surface area is 63.7 Å². The van der Waals surface area contributed by atoms with Gasteiger partial charge in [-0.05, 0) is 17.5 Å². The van der Waals surface area contributed by atoms with E-state index in [1.807, 2.05) is 24.5 Å². The first-order valence-corrected chi connectivity index (χ1v) is 3.95. The lowest BCUT2D eigenvalue weighted by Gasteiger charge is -1.88. The summed E-state index contributed by atoms with van der Waals surface area (Å²) in [6.45, 7) is 0. The summed E-state index contributed by atoms with van der Waals surface area (Å²) in [5.74, 6) is 0. The quantitative estimate of drug-likeness (QED) is 0.579. The molecule has 0 aromatic carbocycles. The molecule has 1 radical (unpaired) electrons. The number of allylic oxidation sites excluding steroid dienone is 2. The summed E-state index contributed by atoms with van der Waals surface area (Å²) < 4.78 is 0. The average molecular weight is 148 g/mol. The molecule has 0 bridgehead atoms. The molecule has 0 saturated heterocycles. The summed E-state index contributed by atoms with van der Waals surface area (Å²) in [6.07, 6.45) is 5.72. The zero-order chi connectivity index (χ0) is 6.81. The van der Waals surface area contributed by atoms with E-state index in [1.54, 1.807) is 11.3 Å². The molecular formula is C8H6NS. The van der Waals surface area contributed by atoms with Gasteiger partial charge in [0.15, 0.2) is 0 Å². The average Bonchev–Trinajstić information content (AvgIpc) is 2.59. The summed E-state index contributed by atoms with van der Waals surface area (Å²) in [5, 5.41) is 6.06. The van der Waals surface area contributed by atoms with E-state index in [0.717, 1.165) is 0 Å². The van der Waals surface area contributed by atoms with Gasteiger partial charge >= 0.3 is 0 Å². The minimum Gasteiger partial charge on any atom is -0.264 e. The molecule has 0 aliphatic carbocycles. The SMILES string of the molecule is C1=CC(c2cccs2)=C[N]1. The maximum absolute atomic E-state index is 3.98. The van der Waals surface area contributed by atoms with Crippen LogP contribution in [0.3, 0.4) is 0 Å². The van der Waals surface area contributed by atoms with Gasteiger partial charge in [0.25, 0.3) is 0 Å². The highest BCUT2D eigenvalue weighted by molar-refractivity contribution is 7.11. The van der Waals surface area contributed by atoms with E-state index in [4.69, 9.17) is 0 Å². The fourth-order valence-corrected chi connectivity index (χ4v) is 1.60. The van der Waals surface area contributed by atoms with Crippen LogP contribution in [0.15, 0.2) is 36.0 Å². The van der Waals surface area contributed by atoms with Crippen LogP contribution in [0.2, 0.25) is 0 Å². The minimum absolute atomic E-state index is 1.22. The van der Waals surface area contributed by atoms with Gasteiger partial charge in [-0.25, -0.2) is 0 Å². The summed E-state index contributed by atoms with van der Waals surface area (Å²) in [6, 6.07) is 4.15. The van der Waals surface area contributed by atoms with Gasteiger partial charge in [-0.1, -0.05) is 6.07 Å². The smallest absolute Gasteiger partial charge is 0.0358 e. The molecule has 10 heavy (non-hydrogen) atoms. The van der Waals surface area contributed by atoms with E-state index in [-0.39, 0.29) is 0 Å². The van der Waals surface area contributed by atoms with Crippen molar-refractivity contribution in [3.05, 3.63) is 40.9 Å². The first-order valence-electron chi connectivity index (χ1n) is 3.07. The van der Waals surface area contributed by atoms with Crippen molar-refractivity contribution in [3.8, 4) is 0 Å². The van der Waals surface area contributed by atoms with Gasteiger partial charge in [0.1, 0.15) is 0 Å². The molecule has 1 nitrogen and oxygen atoms in total. The zero-order valence-electron chi connectivity index (χ0n) is 5.32. The molecule has 0 fully saturated rings. The van der Waals surface area contributed by atoms with Gasteiger partial charge < -0.3 is 0 Å². The predicted octanol–water partition coefficient (Wildman–Crippen LogP) is 2.22. The zero-order valence-corrected chi connectivity index (χ0v) is 6.14. The van der Waals surface area contributed by atoms with Crippen LogP contribution < -0.4 is 5.32 Å². The normalized spacial score (nSPS) is 15.0. The first kappa shape index (κ1) is 5.74. The lowest BCUT2D eigenvalue weighted by Crippen LogP contribution is -1.72. The van der Waals surface area contributed by atoms with Crippen LogP contribution in [0.25, 0.3) is 5.57 Å². The molecule has 0 atom stereocenters. The largest absolute Gasteiger partial charge is 0.264 e. The van der Waals surface area contributed by atoms with Crippen LogP contribution in [0.1, 0.15) is 4.88 Å². The Kier molecular flexibility index (Phi) is 1.32. The number of nitrogens with zero attached hydrogens (tertiary/aromatic N) is 1. The Morgan fingerprint density at radius 1 is 1.40 bits per heavy atom. The van der Waals surface area contributed by atoms with Crippen molar-refractivity contribution in [1.29, 1.82) is 0 Å². The Bertz CT molecular complexity index is 269. The van der Waals surface area contributed by atoms with Crippen LogP contribution >= 0.6 is 11.3 Å². The first-order chi connectivity index (χ1) is 4.97. The molecular weight excluding hydrogens is 142 g/mol. The number of rotatable bonds is 1. The van der Waals surface area contributed by atoms with Crippen molar-refractivity contribution >= 4 is 16.9 Å². The Morgan fingerprint density at radius 3 is 3.00 bits per heavy atom. The molecule has 0 saturated carbocycles. The fourth-order valence-electron chi connectivity index (χ4n) is 0.878. The highest BCUT2D eigenvalue weighted by atomic mass is 32.1. The van der Waals surface area contributed by atoms with Crippen molar-refractivity contribution in [3.63, 3.8) is 0 Å². The molecule has 1 aliphatic heterocycles. The molecule has 1 aliphatic rings. The van der Waals surface area contributed by atoms with Crippen LogP contribution in [-0.4, -0.2) is 0 Å². The Morgan fingerprint density at radius 2 is 2.40 bits per heavy atom. The van der Waals surface area contributed by atoms with E-state index < -0.39 is 0 Å². The van der Waals surface area contributed by atoms with Gasteiger partial charge in [-0.2, -0.15) is 0 Å². The molecule has 0 N–H and O–H groups in total. The van der Waals surface area contributed by atoms with Crippen molar-refractivity contribution < 1.29 is 0 Å². The molecule has 0 spiro atoms. The third kappa shape index (κ3) is 0.866. The lowest BCUT2D eigenvalue weighted by atomic mass is 10.2. The van der Waals surface area contributed by atoms with E-state index in [1.165, 1.54) is 10.5 Å². The minimum atomic E-state index is 1.22. The second kappa shape index (κ2) is 2.31. The maximum Gasteiger partial charge on any atom is 0.0358 e. The van der Waals surface area contributed by atoms with Crippen molar-refractivity contribution in [2.24, 2.45) is 0 Å². The third-order valence-corrected chi connectivity index (χ3v) is 2.28. The van der Waals surface area contributed by atoms with E-state index in [9.17, 15) is 0 Å². The molecule has 0 amide bonds. The number of hydrogen-bond donors (Lipinski definition) is 0. The molecule has 2 heteroatoms. The summed E-state index contributed by atoms with van der Waals surface area (Å²) in [5.41, 5.74) is 1.22. The molecule has 49 valence electrons. The molecule has 1 aromatic heterocycles. The van der Waals surface area contributed by atoms with Crippen LogP contribution in [0.4, 0.5) is 0 Å². The summed E-state index contributed by atoms with van der Waals surface area (Å²) in [4.78, 5) is 1.29. The van der Waals surface area contributed by atoms with E-state index in [2.05, 4.69) is 16.8 Å². The monoisotopic (exact) mass is 148 g/mol. The van der Waals surface area contributed by atoms with Gasteiger partial charge in [0.05, 0.1) is 0 Å². The van der Waals surface area contributed by atoms with Gasteiger partial charge in [-0.3, -0.25) is 5.32 Å². The van der Waals surface area contributed by atoms with Gasteiger partial charge in [0, 0.05) is 22.9 Å². The second-order valence-electron chi connectivity index (χ2n) is 2.03. The van der Waals surface area contributed by atoms with E-state index in [0.29, 0.717) is 0 Å². The topological polar surface area (TPSA) is 14.1 Å². The highest BCUT2D eigenvalue weighted by Crippen LogP contribution is 2.22. The standard InChI is InChI=1S/C8H6NS/c1-2-8(10-5-1)7-3-4-9-6-7/h1-6H. The van der Waals surface area contributed by atoms with Crippen molar-refractivity contribution in [2.75, 3.05) is 0 Å². The summed E-state index contributed by atoms with van der Waals surface area (Å²) >= 11 is 1.74. The molecule has 2 rings (SSSR count). The summed E-state index contributed by atoms with van der Waals surface area (Å²) in [7, 11) is 0.